The lowest BCUT2D eigenvalue weighted by molar-refractivity contribution is -0.142. The average molecular weight is 215 g/mol. The SMILES string of the molecule is CCCC(C)OC(=O)ON1CCCCC1. The van der Waals surface area contributed by atoms with E-state index in [1.165, 1.54) is 6.42 Å². The molecule has 1 rings (SSSR count). The molecule has 1 fully saturated rings. The first-order chi connectivity index (χ1) is 7.22. The van der Waals surface area contributed by atoms with E-state index in [-0.39, 0.29) is 6.10 Å². The summed E-state index contributed by atoms with van der Waals surface area (Å²) in [4.78, 5) is 16.4. The van der Waals surface area contributed by atoms with Gasteiger partial charge in [0.05, 0.1) is 0 Å². The minimum atomic E-state index is -0.558. The smallest absolute Gasteiger partial charge is 0.430 e. The molecule has 1 aliphatic rings. The standard InChI is InChI=1S/C11H21NO3/c1-3-7-10(2)14-11(13)15-12-8-5-4-6-9-12/h10H,3-9H2,1-2H3. The summed E-state index contributed by atoms with van der Waals surface area (Å²) in [6.07, 6.45) is 4.70. The van der Waals surface area contributed by atoms with Crippen LogP contribution in [0.4, 0.5) is 4.79 Å². The molecule has 0 aliphatic carbocycles. The quantitative estimate of drug-likeness (QED) is 0.676. The van der Waals surface area contributed by atoms with Crippen molar-refractivity contribution in [1.82, 2.24) is 5.06 Å². The van der Waals surface area contributed by atoms with Gasteiger partial charge in [-0.2, -0.15) is 0 Å². The van der Waals surface area contributed by atoms with Gasteiger partial charge >= 0.3 is 6.16 Å². The van der Waals surface area contributed by atoms with Gasteiger partial charge in [0.1, 0.15) is 6.10 Å². The molecule has 0 radical (unpaired) electrons. The number of hydrogen-bond donors (Lipinski definition) is 0. The molecule has 88 valence electrons. The van der Waals surface area contributed by atoms with Crippen molar-refractivity contribution in [2.75, 3.05) is 13.1 Å². The summed E-state index contributed by atoms with van der Waals surface area (Å²) in [7, 11) is 0. The molecule has 0 aromatic carbocycles. The van der Waals surface area contributed by atoms with Crippen LogP contribution < -0.4 is 0 Å². The Morgan fingerprint density at radius 2 is 2.00 bits per heavy atom. The summed E-state index contributed by atoms with van der Waals surface area (Å²) in [5, 5.41) is 1.70. The van der Waals surface area contributed by atoms with Gasteiger partial charge in [-0.1, -0.05) is 19.8 Å². The summed E-state index contributed by atoms with van der Waals surface area (Å²) in [6.45, 7) is 5.62. The van der Waals surface area contributed by atoms with Gasteiger partial charge in [0, 0.05) is 13.1 Å². The van der Waals surface area contributed by atoms with Crippen molar-refractivity contribution in [1.29, 1.82) is 0 Å². The largest absolute Gasteiger partial charge is 0.528 e. The van der Waals surface area contributed by atoms with E-state index in [9.17, 15) is 4.79 Å². The molecule has 0 saturated carbocycles. The minimum Gasteiger partial charge on any atom is -0.430 e. The fourth-order valence-electron chi connectivity index (χ4n) is 1.71. The number of carbonyl (C=O) groups excluding carboxylic acids is 1. The van der Waals surface area contributed by atoms with E-state index < -0.39 is 6.16 Å². The summed E-state index contributed by atoms with van der Waals surface area (Å²) in [5.74, 6) is 0. The van der Waals surface area contributed by atoms with Gasteiger partial charge in [-0.3, -0.25) is 0 Å². The van der Waals surface area contributed by atoms with Gasteiger partial charge in [0.2, 0.25) is 0 Å². The van der Waals surface area contributed by atoms with Crippen molar-refractivity contribution in [3.63, 3.8) is 0 Å². The van der Waals surface area contributed by atoms with E-state index in [2.05, 4.69) is 6.92 Å². The van der Waals surface area contributed by atoms with Crippen LogP contribution in [0.25, 0.3) is 0 Å². The second-order valence-electron chi connectivity index (χ2n) is 4.05. The summed E-state index contributed by atoms with van der Waals surface area (Å²) < 4.78 is 5.09. The molecular weight excluding hydrogens is 194 g/mol. The lowest BCUT2D eigenvalue weighted by atomic mass is 10.2. The number of carbonyl (C=O) groups is 1. The molecule has 0 N–H and O–H groups in total. The first-order valence-corrected chi connectivity index (χ1v) is 5.86. The number of hydrogen-bond acceptors (Lipinski definition) is 4. The third kappa shape index (κ3) is 5.02. The Morgan fingerprint density at radius 1 is 1.33 bits per heavy atom. The number of rotatable bonds is 4. The summed E-state index contributed by atoms with van der Waals surface area (Å²) in [6, 6.07) is 0. The first kappa shape index (κ1) is 12.3. The molecule has 1 aliphatic heterocycles. The fraction of sp³-hybridized carbons (Fsp3) is 0.909. The van der Waals surface area contributed by atoms with Gasteiger partial charge in [-0.15, -0.1) is 5.06 Å². The second kappa shape index (κ2) is 6.67. The Bertz CT molecular complexity index is 190. The van der Waals surface area contributed by atoms with Gasteiger partial charge in [-0.05, 0) is 26.2 Å². The van der Waals surface area contributed by atoms with Gasteiger partial charge in [0.25, 0.3) is 0 Å². The van der Waals surface area contributed by atoms with Crippen LogP contribution >= 0.6 is 0 Å². The van der Waals surface area contributed by atoms with Crippen LogP contribution in [-0.2, 0) is 9.57 Å². The number of nitrogens with zero attached hydrogens (tertiary/aromatic N) is 1. The fourth-order valence-corrected chi connectivity index (χ4v) is 1.71. The lowest BCUT2D eigenvalue weighted by Crippen LogP contribution is -2.33. The number of hydroxylamine groups is 2. The van der Waals surface area contributed by atoms with Crippen LogP contribution in [0.5, 0.6) is 0 Å². The monoisotopic (exact) mass is 215 g/mol. The van der Waals surface area contributed by atoms with Crippen molar-refractivity contribution in [3.8, 4) is 0 Å². The molecule has 4 nitrogen and oxygen atoms in total. The Hall–Kier alpha value is -0.770. The predicted molar refractivity (Wildman–Crippen MR) is 57.4 cm³/mol. The molecule has 4 heteroatoms. The molecule has 1 heterocycles. The van der Waals surface area contributed by atoms with Crippen molar-refractivity contribution in [2.45, 2.75) is 52.1 Å². The normalized spacial score (nSPS) is 19.6. The topological polar surface area (TPSA) is 38.8 Å². The zero-order valence-corrected chi connectivity index (χ0v) is 9.70. The van der Waals surface area contributed by atoms with Crippen LogP contribution in [0.1, 0.15) is 46.0 Å². The summed E-state index contributed by atoms with van der Waals surface area (Å²) in [5.41, 5.74) is 0. The second-order valence-corrected chi connectivity index (χ2v) is 4.05. The third-order valence-electron chi connectivity index (χ3n) is 2.51. The highest BCUT2D eigenvalue weighted by Crippen LogP contribution is 2.10. The van der Waals surface area contributed by atoms with E-state index >= 15 is 0 Å². The summed E-state index contributed by atoms with van der Waals surface area (Å²) >= 11 is 0. The lowest BCUT2D eigenvalue weighted by Gasteiger charge is -2.24. The molecule has 0 bridgehead atoms. The Labute approximate surface area is 91.5 Å². The third-order valence-corrected chi connectivity index (χ3v) is 2.51. The van der Waals surface area contributed by atoms with Crippen LogP contribution in [0, 0.1) is 0 Å². The van der Waals surface area contributed by atoms with Crippen molar-refractivity contribution in [3.05, 3.63) is 0 Å². The Kier molecular flexibility index (Phi) is 5.47. The highest BCUT2D eigenvalue weighted by molar-refractivity contribution is 5.59. The molecule has 0 aromatic heterocycles. The van der Waals surface area contributed by atoms with Crippen LogP contribution in [-0.4, -0.2) is 30.4 Å². The van der Waals surface area contributed by atoms with Gasteiger partial charge < -0.3 is 9.57 Å². The van der Waals surface area contributed by atoms with Gasteiger partial charge in [0.15, 0.2) is 0 Å². The maximum Gasteiger partial charge on any atom is 0.528 e. The molecule has 1 unspecified atom stereocenters. The van der Waals surface area contributed by atoms with Gasteiger partial charge in [-0.25, -0.2) is 4.79 Å². The molecule has 0 spiro atoms. The number of ether oxygens (including phenoxy) is 1. The maximum absolute atomic E-state index is 11.3. The highest BCUT2D eigenvalue weighted by atomic mass is 16.8. The molecule has 1 saturated heterocycles. The van der Waals surface area contributed by atoms with Crippen LogP contribution in [0.3, 0.4) is 0 Å². The van der Waals surface area contributed by atoms with Crippen molar-refractivity contribution in [2.24, 2.45) is 0 Å². The number of piperidine rings is 1. The molecular formula is C11H21NO3. The van der Waals surface area contributed by atoms with E-state index in [1.807, 2.05) is 6.92 Å². The van der Waals surface area contributed by atoms with Crippen LogP contribution in [0.2, 0.25) is 0 Å². The average Bonchev–Trinajstić information content (AvgIpc) is 2.19. The zero-order valence-electron chi connectivity index (χ0n) is 9.70. The Balaban J connectivity index is 2.16. The maximum atomic E-state index is 11.3. The van der Waals surface area contributed by atoms with Crippen LogP contribution in [0.15, 0.2) is 0 Å². The predicted octanol–water partition coefficient (Wildman–Crippen LogP) is 2.73. The zero-order chi connectivity index (χ0) is 11.1. The Morgan fingerprint density at radius 3 is 2.60 bits per heavy atom. The van der Waals surface area contributed by atoms with E-state index in [4.69, 9.17) is 9.57 Å². The molecule has 1 atom stereocenters. The minimum absolute atomic E-state index is 0.0488. The molecule has 0 aromatic rings. The van der Waals surface area contributed by atoms with E-state index in [0.29, 0.717) is 0 Å². The first-order valence-electron chi connectivity index (χ1n) is 5.86. The van der Waals surface area contributed by atoms with Crippen molar-refractivity contribution < 1.29 is 14.4 Å². The molecule has 0 amide bonds. The molecule has 15 heavy (non-hydrogen) atoms. The van der Waals surface area contributed by atoms with Crippen molar-refractivity contribution >= 4 is 6.16 Å². The van der Waals surface area contributed by atoms with E-state index in [1.54, 1.807) is 5.06 Å². The highest BCUT2D eigenvalue weighted by Gasteiger charge is 2.17. The van der Waals surface area contributed by atoms with E-state index in [0.717, 1.165) is 38.8 Å².